The van der Waals surface area contributed by atoms with Crippen molar-refractivity contribution in [2.75, 3.05) is 11.9 Å². The standard InChI is InChI=1S/C23H21F2N7OS/c1-13(2)29-18-8-19(20-4-3-16-7-14(10-26)11-28-32(16)20)27-12-17(18)22-31-30-21(34-22)15-5-6-33-23(24,25)9-15/h3-4,7-8,11-13,15H,5-6,9H2,1-2H3,(H,27,29). The topological polar surface area (TPSA) is 101 Å². The maximum absolute atomic E-state index is 13.7. The van der Waals surface area contributed by atoms with E-state index in [1.165, 1.54) is 17.5 Å². The average molecular weight is 482 g/mol. The summed E-state index contributed by atoms with van der Waals surface area (Å²) in [5.74, 6) is -0.389. The fourth-order valence-corrected chi connectivity index (χ4v) is 4.97. The molecule has 11 heteroatoms. The zero-order valence-corrected chi connectivity index (χ0v) is 19.3. The summed E-state index contributed by atoms with van der Waals surface area (Å²) in [7, 11) is 0. The Morgan fingerprint density at radius 3 is 2.88 bits per heavy atom. The van der Waals surface area contributed by atoms with E-state index in [-0.39, 0.29) is 18.6 Å². The number of fused-ring (bicyclic) bond motifs is 1. The first kappa shape index (κ1) is 22.3. The van der Waals surface area contributed by atoms with E-state index in [1.807, 2.05) is 32.0 Å². The highest BCUT2D eigenvalue weighted by molar-refractivity contribution is 7.14. The normalized spacial score (nSPS) is 17.7. The molecular weight excluding hydrogens is 460 g/mol. The van der Waals surface area contributed by atoms with E-state index in [0.29, 0.717) is 27.7 Å². The van der Waals surface area contributed by atoms with Crippen LogP contribution in [0.15, 0.2) is 36.7 Å². The molecule has 174 valence electrons. The zero-order chi connectivity index (χ0) is 23.9. The summed E-state index contributed by atoms with van der Waals surface area (Å²) < 4.78 is 33.7. The van der Waals surface area contributed by atoms with Gasteiger partial charge in [-0.15, -0.1) is 10.2 Å². The molecule has 1 fully saturated rings. The number of ether oxygens (including phenoxy) is 1. The Bertz CT molecular complexity index is 1390. The highest BCUT2D eigenvalue weighted by Gasteiger charge is 2.39. The fourth-order valence-electron chi connectivity index (χ4n) is 3.97. The predicted octanol–water partition coefficient (Wildman–Crippen LogP) is 5.09. The lowest BCUT2D eigenvalue weighted by molar-refractivity contribution is -0.261. The molecule has 0 spiro atoms. The molecule has 0 bridgehead atoms. The molecule has 1 unspecified atom stereocenters. The number of hydrogen-bond donors (Lipinski definition) is 1. The first-order chi connectivity index (χ1) is 16.3. The zero-order valence-electron chi connectivity index (χ0n) is 18.5. The van der Waals surface area contributed by atoms with E-state index in [2.05, 4.69) is 36.4 Å². The molecule has 0 amide bonds. The molecule has 0 saturated carbocycles. The first-order valence-corrected chi connectivity index (χ1v) is 11.6. The van der Waals surface area contributed by atoms with Crippen LogP contribution in [-0.2, 0) is 4.74 Å². The average Bonchev–Trinajstić information content (AvgIpc) is 3.45. The Morgan fingerprint density at radius 1 is 1.26 bits per heavy atom. The van der Waals surface area contributed by atoms with Gasteiger partial charge >= 0.3 is 6.11 Å². The molecule has 0 aromatic carbocycles. The van der Waals surface area contributed by atoms with Crippen molar-refractivity contribution in [2.45, 2.75) is 44.8 Å². The van der Waals surface area contributed by atoms with Gasteiger partial charge < -0.3 is 10.1 Å². The van der Waals surface area contributed by atoms with Crippen LogP contribution in [0.5, 0.6) is 0 Å². The second-order valence-corrected chi connectivity index (χ2v) is 9.46. The van der Waals surface area contributed by atoms with Crippen LogP contribution in [0, 0.1) is 11.3 Å². The molecule has 4 aromatic heterocycles. The summed E-state index contributed by atoms with van der Waals surface area (Å²) in [5.41, 5.74) is 4.31. The largest absolute Gasteiger partial charge is 0.382 e. The van der Waals surface area contributed by atoms with E-state index in [9.17, 15) is 8.78 Å². The van der Waals surface area contributed by atoms with Gasteiger partial charge in [-0.2, -0.15) is 19.1 Å². The van der Waals surface area contributed by atoms with Crippen molar-refractivity contribution in [1.82, 2.24) is 24.8 Å². The number of halogens is 2. The number of rotatable bonds is 5. The number of pyridine rings is 1. The number of anilines is 1. The monoisotopic (exact) mass is 481 g/mol. The van der Waals surface area contributed by atoms with Crippen LogP contribution in [0.1, 0.15) is 43.2 Å². The Hall–Kier alpha value is -3.49. The Labute approximate surface area is 198 Å². The third-order valence-electron chi connectivity index (χ3n) is 5.52. The number of aromatic nitrogens is 5. The van der Waals surface area contributed by atoms with Gasteiger partial charge in [0.05, 0.1) is 40.8 Å². The van der Waals surface area contributed by atoms with Crippen LogP contribution in [0.4, 0.5) is 14.5 Å². The number of nitriles is 1. The van der Waals surface area contributed by atoms with Crippen LogP contribution in [-0.4, -0.2) is 43.6 Å². The van der Waals surface area contributed by atoms with Crippen LogP contribution < -0.4 is 5.32 Å². The van der Waals surface area contributed by atoms with Gasteiger partial charge in [-0.25, -0.2) is 4.52 Å². The molecular formula is C23H21F2N7OS. The maximum Gasteiger partial charge on any atom is 0.356 e. The number of alkyl halides is 2. The molecule has 5 rings (SSSR count). The summed E-state index contributed by atoms with van der Waals surface area (Å²) in [5, 5.41) is 26.6. The van der Waals surface area contributed by atoms with Crippen molar-refractivity contribution in [3.8, 4) is 28.0 Å². The molecule has 1 atom stereocenters. The Balaban J connectivity index is 1.51. The maximum atomic E-state index is 13.7. The summed E-state index contributed by atoms with van der Waals surface area (Å²) >= 11 is 1.31. The summed E-state index contributed by atoms with van der Waals surface area (Å²) in [6.45, 7) is 4.05. The molecule has 0 aliphatic carbocycles. The van der Waals surface area contributed by atoms with Gasteiger partial charge in [-0.05, 0) is 44.5 Å². The predicted molar refractivity (Wildman–Crippen MR) is 124 cm³/mol. The van der Waals surface area contributed by atoms with Crippen LogP contribution in [0.3, 0.4) is 0 Å². The lowest BCUT2D eigenvalue weighted by Crippen LogP contribution is -2.30. The smallest absolute Gasteiger partial charge is 0.356 e. The molecule has 1 saturated heterocycles. The van der Waals surface area contributed by atoms with E-state index < -0.39 is 12.5 Å². The van der Waals surface area contributed by atoms with Gasteiger partial charge in [0.2, 0.25) is 0 Å². The lowest BCUT2D eigenvalue weighted by Gasteiger charge is -2.27. The molecule has 5 heterocycles. The lowest BCUT2D eigenvalue weighted by atomic mass is 10.00. The SMILES string of the molecule is CC(C)Nc1cc(-c2ccc3cc(C#N)cnn23)ncc1-c1nnc(C2CCOC(F)(F)C2)s1. The van der Waals surface area contributed by atoms with Gasteiger partial charge in [0.25, 0.3) is 0 Å². The Morgan fingerprint density at radius 2 is 2.12 bits per heavy atom. The minimum Gasteiger partial charge on any atom is -0.382 e. The number of nitrogens with one attached hydrogen (secondary N) is 1. The molecule has 8 nitrogen and oxygen atoms in total. The minimum atomic E-state index is -3.13. The number of hydrogen-bond acceptors (Lipinski definition) is 8. The van der Waals surface area contributed by atoms with E-state index in [0.717, 1.165) is 22.5 Å². The van der Waals surface area contributed by atoms with E-state index >= 15 is 0 Å². The molecule has 1 N–H and O–H groups in total. The van der Waals surface area contributed by atoms with Crippen molar-refractivity contribution < 1.29 is 13.5 Å². The van der Waals surface area contributed by atoms with Crippen LogP contribution >= 0.6 is 11.3 Å². The van der Waals surface area contributed by atoms with Gasteiger partial charge in [-0.3, -0.25) is 4.98 Å². The summed E-state index contributed by atoms with van der Waals surface area (Å²) in [4.78, 5) is 4.64. The highest BCUT2D eigenvalue weighted by atomic mass is 32.1. The van der Waals surface area contributed by atoms with Gasteiger partial charge in [-0.1, -0.05) is 11.3 Å². The minimum absolute atomic E-state index is 0.00183. The fraction of sp³-hybridized carbons (Fsp3) is 0.348. The molecule has 0 radical (unpaired) electrons. The van der Waals surface area contributed by atoms with Crippen molar-refractivity contribution in [3.05, 3.63) is 47.2 Å². The van der Waals surface area contributed by atoms with Crippen LogP contribution in [0.2, 0.25) is 0 Å². The van der Waals surface area contributed by atoms with E-state index in [1.54, 1.807) is 16.8 Å². The third kappa shape index (κ3) is 4.34. The van der Waals surface area contributed by atoms with Gasteiger partial charge in [0.15, 0.2) is 5.01 Å². The van der Waals surface area contributed by atoms with E-state index in [4.69, 9.17) is 5.26 Å². The third-order valence-corrected chi connectivity index (χ3v) is 6.64. The van der Waals surface area contributed by atoms with Crippen LogP contribution in [0.25, 0.3) is 27.5 Å². The van der Waals surface area contributed by atoms with Crippen molar-refractivity contribution in [3.63, 3.8) is 0 Å². The molecule has 1 aliphatic heterocycles. The number of nitrogens with zero attached hydrogens (tertiary/aromatic N) is 6. The van der Waals surface area contributed by atoms with Crippen molar-refractivity contribution in [2.24, 2.45) is 0 Å². The molecule has 4 aromatic rings. The quantitative estimate of drug-likeness (QED) is 0.423. The Kier molecular flexibility index (Phi) is 5.71. The van der Waals surface area contributed by atoms with Crippen molar-refractivity contribution in [1.29, 1.82) is 5.26 Å². The second-order valence-electron chi connectivity index (χ2n) is 8.45. The van der Waals surface area contributed by atoms with Crippen molar-refractivity contribution >= 4 is 22.5 Å². The first-order valence-electron chi connectivity index (χ1n) is 10.8. The molecule has 34 heavy (non-hydrogen) atoms. The summed E-state index contributed by atoms with van der Waals surface area (Å²) in [6.07, 6.45) is 0.190. The van der Waals surface area contributed by atoms with Gasteiger partial charge in [0.1, 0.15) is 11.1 Å². The highest BCUT2D eigenvalue weighted by Crippen LogP contribution is 2.41. The molecule has 1 aliphatic rings. The second kappa shape index (κ2) is 8.70. The summed E-state index contributed by atoms with van der Waals surface area (Å²) in [6, 6.07) is 9.70. The van der Waals surface area contributed by atoms with Gasteiger partial charge in [0, 0.05) is 30.3 Å².